The molecule has 3 aromatic rings. The van der Waals surface area contributed by atoms with Crippen LogP contribution < -0.4 is 5.56 Å². The van der Waals surface area contributed by atoms with E-state index in [4.69, 9.17) is 9.26 Å². The van der Waals surface area contributed by atoms with Crippen molar-refractivity contribution in [1.29, 1.82) is 0 Å². The Morgan fingerprint density at radius 2 is 2.21 bits per heavy atom. The Morgan fingerprint density at radius 1 is 1.29 bits per heavy atom. The molecule has 1 fully saturated rings. The van der Waals surface area contributed by atoms with E-state index in [1.807, 2.05) is 18.2 Å². The minimum absolute atomic E-state index is 0.0186. The normalized spacial score (nSPS) is 17.6. The third-order valence-corrected chi connectivity index (χ3v) is 4.30. The van der Waals surface area contributed by atoms with Crippen LogP contribution in [0.1, 0.15) is 30.5 Å². The molecule has 1 saturated heterocycles. The van der Waals surface area contributed by atoms with Crippen LogP contribution in [0.25, 0.3) is 10.9 Å². The van der Waals surface area contributed by atoms with Crippen LogP contribution in [0.3, 0.4) is 0 Å². The molecule has 0 spiro atoms. The Hall–Kier alpha value is -2.54. The summed E-state index contributed by atoms with van der Waals surface area (Å²) in [6.07, 6.45) is 3.92. The number of para-hydroxylation sites is 1. The average Bonchev–Trinajstić information content (AvgIpc) is 3.28. The molecule has 1 atom stereocenters. The van der Waals surface area contributed by atoms with Crippen molar-refractivity contribution < 1.29 is 9.26 Å². The van der Waals surface area contributed by atoms with Gasteiger partial charge in [0.25, 0.3) is 5.56 Å². The predicted octanol–water partition coefficient (Wildman–Crippen LogP) is 1.92. The molecule has 1 aliphatic heterocycles. The first kappa shape index (κ1) is 15.0. The van der Waals surface area contributed by atoms with Gasteiger partial charge in [0.15, 0.2) is 5.82 Å². The lowest BCUT2D eigenvalue weighted by Gasteiger charge is -2.05. The van der Waals surface area contributed by atoms with Gasteiger partial charge in [-0.3, -0.25) is 9.36 Å². The van der Waals surface area contributed by atoms with Gasteiger partial charge in [0.2, 0.25) is 5.89 Å². The van der Waals surface area contributed by atoms with Crippen molar-refractivity contribution in [2.75, 3.05) is 13.2 Å². The molecule has 124 valence electrons. The first-order valence-electron chi connectivity index (χ1n) is 8.15. The van der Waals surface area contributed by atoms with Gasteiger partial charge < -0.3 is 9.26 Å². The minimum Gasteiger partial charge on any atom is -0.381 e. The van der Waals surface area contributed by atoms with Crippen LogP contribution in [0, 0.1) is 0 Å². The average molecular weight is 326 g/mol. The second-order valence-corrected chi connectivity index (χ2v) is 5.97. The topological polar surface area (TPSA) is 83.0 Å². The maximum Gasteiger partial charge on any atom is 0.261 e. The molecule has 24 heavy (non-hydrogen) atoms. The summed E-state index contributed by atoms with van der Waals surface area (Å²) in [7, 11) is 0. The Bertz CT molecular complexity index is 896. The maximum absolute atomic E-state index is 12.4. The van der Waals surface area contributed by atoms with Crippen molar-refractivity contribution in [3.63, 3.8) is 0 Å². The van der Waals surface area contributed by atoms with E-state index in [0.29, 0.717) is 30.8 Å². The van der Waals surface area contributed by atoms with Gasteiger partial charge in [-0.2, -0.15) is 4.98 Å². The van der Waals surface area contributed by atoms with Crippen molar-refractivity contribution in [3.8, 4) is 0 Å². The largest absolute Gasteiger partial charge is 0.381 e. The van der Waals surface area contributed by atoms with E-state index in [1.165, 1.54) is 0 Å². The Morgan fingerprint density at radius 3 is 3.08 bits per heavy atom. The molecule has 7 heteroatoms. The third-order valence-electron chi connectivity index (χ3n) is 4.30. The number of rotatable bonds is 5. The Kier molecular flexibility index (Phi) is 4.08. The number of fused-ring (bicyclic) bond motifs is 1. The molecule has 2 aromatic heterocycles. The van der Waals surface area contributed by atoms with E-state index >= 15 is 0 Å². The highest BCUT2D eigenvalue weighted by Crippen LogP contribution is 2.22. The van der Waals surface area contributed by atoms with Crippen LogP contribution in [-0.2, 0) is 17.7 Å². The van der Waals surface area contributed by atoms with Gasteiger partial charge in [-0.1, -0.05) is 17.3 Å². The molecule has 1 unspecified atom stereocenters. The van der Waals surface area contributed by atoms with Gasteiger partial charge in [-0.15, -0.1) is 0 Å². The quantitative estimate of drug-likeness (QED) is 0.712. The number of aryl methyl sites for hydroxylation is 2. The molecule has 0 saturated carbocycles. The van der Waals surface area contributed by atoms with Gasteiger partial charge >= 0.3 is 0 Å². The van der Waals surface area contributed by atoms with Crippen molar-refractivity contribution in [1.82, 2.24) is 19.7 Å². The zero-order chi connectivity index (χ0) is 16.4. The first-order chi connectivity index (χ1) is 11.8. The monoisotopic (exact) mass is 326 g/mol. The van der Waals surface area contributed by atoms with Gasteiger partial charge in [0, 0.05) is 25.5 Å². The van der Waals surface area contributed by atoms with Crippen LogP contribution in [0.15, 0.2) is 39.9 Å². The van der Waals surface area contributed by atoms with Gasteiger partial charge in [0.1, 0.15) is 0 Å². The molecule has 0 N–H and O–H groups in total. The SMILES string of the molecule is O=c1c2ccccc2ncn1CCCc1nc(C2CCOC2)no1. The predicted molar refractivity (Wildman–Crippen MR) is 86.8 cm³/mol. The molecular weight excluding hydrogens is 308 g/mol. The fraction of sp³-hybridized carbons (Fsp3) is 0.412. The Balaban J connectivity index is 1.40. The van der Waals surface area contributed by atoms with Crippen LogP contribution in [0.4, 0.5) is 0 Å². The standard InChI is InChI=1S/C17H18N4O3/c22-17-13-4-1-2-5-14(13)18-11-21(17)8-3-6-15-19-16(20-24-15)12-7-9-23-10-12/h1-2,4-5,11-12H,3,6-10H2. The number of ether oxygens (including phenoxy) is 1. The van der Waals surface area contributed by atoms with E-state index in [9.17, 15) is 4.79 Å². The van der Waals surface area contributed by atoms with E-state index in [0.717, 1.165) is 30.8 Å². The van der Waals surface area contributed by atoms with E-state index in [1.54, 1.807) is 17.0 Å². The van der Waals surface area contributed by atoms with Gasteiger partial charge in [-0.05, 0) is 25.0 Å². The van der Waals surface area contributed by atoms with Crippen LogP contribution in [-0.4, -0.2) is 32.9 Å². The summed E-state index contributed by atoms with van der Waals surface area (Å²) in [5.41, 5.74) is 0.703. The van der Waals surface area contributed by atoms with E-state index in [2.05, 4.69) is 15.1 Å². The van der Waals surface area contributed by atoms with E-state index in [-0.39, 0.29) is 11.5 Å². The third kappa shape index (κ3) is 2.94. The molecule has 0 bridgehead atoms. The second-order valence-electron chi connectivity index (χ2n) is 5.97. The molecule has 0 radical (unpaired) electrons. The summed E-state index contributed by atoms with van der Waals surface area (Å²) in [5.74, 6) is 1.58. The lowest BCUT2D eigenvalue weighted by molar-refractivity contribution is 0.192. The first-order valence-corrected chi connectivity index (χ1v) is 8.15. The number of hydrogen-bond donors (Lipinski definition) is 0. The van der Waals surface area contributed by atoms with Gasteiger partial charge in [0.05, 0.1) is 23.8 Å². The summed E-state index contributed by atoms with van der Waals surface area (Å²) in [5, 5.41) is 4.68. The zero-order valence-corrected chi connectivity index (χ0v) is 13.2. The van der Waals surface area contributed by atoms with Crippen molar-refractivity contribution in [2.45, 2.75) is 31.7 Å². The second kappa shape index (κ2) is 6.52. The molecule has 7 nitrogen and oxygen atoms in total. The number of nitrogens with zero attached hydrogens (tertiary/aromatic N) is 4. The smallest absolute Gasteiger partial charge is 0.261 e. The summed E-state index contributed by atoms with van der Waals surface area (Å²) in [4.78, 5) is 21.2. The minimum atomic E-state index is -0.0186. The number of hydrogen-bond acceptors (Lipinski definition) is 6. The van der Waals surface area contributed by atoms with Crippen molar-refractivity contribution in [3.05, 3.63) is 52.7 Å². The maximum atomic E-state index is 12.4. The Labute approximate surface area is 138 Å². The summed E-state index contributed by atoms with van der Waals surface area (Å²) in [6.45, 7) is 1.99. The highest BCUT2D eigenvalue weighted by molar-refractivity contribution is 5.76. The lowest BCUT2D eigenvalue weighted by Crippen LogP contribution is -2.20. The fourth-order valence-electron chi connectivity index (χ4n) is 2.94. The van der Waals surface area contributed by atoms with Crippen molar-refractivity contribution in [2.24, 2.45) is 0 Å². The number of aromatic nitrogens is 4. The highest BCUT2D eigenvalue weighted by Gasteiger charge is 2.22. The number of benzene rings is 1. The van der Waals surface area contributed by atoms with E-state index < -0.39 is 0 Å². The summed E-state index contributed by atoms with van der Waals surface area (Å²) >= 11 is 0. The molecule has 0 aliphatic carbocycles. The molecule has 1 aromatic carbocycles. The molecular formula is C17H18N4O3. The molecule has 1 aliphatic rings. The summed E-state index contributed by atoms with van der Waals surface area (Å²) in [6, 6.07) is 7.37. The lowest BCUT2D eigenvalue weighted by atomic mass is 10.1. The van der Waals surface area contributed by atoms with Crippen LogP contribution in [0.2, 0.25) is 0 Å². The summed E-state index contributed by atoms with van der Waals surface area (Å²) < 4.78 is 12.3. The molecule has 0 amide bonds. The van der Waals surface area contributed by atoms with Crippen LogP contribution >= 0.6 is 0 Å². The molecule has 3 heterocycles. The van der Waals surface area contributed by atoms with Crippen molar-refractivity contribution >= 4 is 10.9 Å². The fourth-order valence-corrected chi connectivity index (χ4v) is 2.94. The zero-order valence-electron chi connectivity index (χ0n) is 13.2. The van der Waals surface area contributed by atoms with Crippen LogP contribution in [0.5, 0.6) is 0 Å². The molecule has 4 rings (SSSR count). The highest BCUT2D eigenvalue weighted by atomic mass is 16.5. The van der Waals surface area contributed by atoms with Gasteiger partial charge in [-0.25, -0.2) is 4.98 Å².